The third kappa shape index (κ3) is 3.72. The first-order valence-corrected chi connectivity index (χ1v) is 17.1. The van der Waals surface area contributed by atoms with Crippen LogP contribution in [0, 0.1) is 11.8 Å². The maximum absolute atomic E-state index is 16.2. The van der Waals surface area contributed by atoms with Gasteiger partial charge >= 0.3 is 0 Å². The summed E-state index contributed by atoms with van der Waals surface area (Å²) >= 11 is 0. The van der Waals surface area contributed by atoms with E-state index in [-0.39, 0.29) is 25.2 Å². The number of allylic oxidation sites excluding steroid dienone is 2. The predicted octanol–water partition coefficient (Wildman–Crippen LogP) is 6.54. The van der Waals surface area contributed by atoms with E-state index in [2.05, 4.69) is 0 Å². The van der Waals surface area contributed by atoms with Gasteiger partial charge in [0, 0.05) is 5.56 Å². The minimum absolute atomic E-state index is 0.0542. The van der Waals surface area contributed by atoms with Crippen LogP contribution in [0.4, 0.5) is 5.69 Å². The molecule has 1 saturated carbocycles. The SMILES string of the molecule is CC(=O)c1ccc(N2C(=O)[C@@H]3[C@@H](C2=O)[C@@]2(c4ccccc4)C(=O)[C@@]3(c3ccccc3)C(c3ccc4c(c3)OCO4)=C2c2ccc3c(c2)OCO3)cc1. The van der Waals surface area contributed by atoms with E-state index in [1.54, 1.807) is 24.3 Å². The molecule has 3 aliphatic heterocycles. The highest BCUT2D eigenvalue weighted by atomic mass is 16.7. The van der Waals surface area contributed by atoms with Crippen molar-refractivity contribution in [3.8, 4) is 23.0 Å². The lowest BCUT2D eigenvalue weighted by Crippen LogP contribution is -2.45. The van der Waals surface area contributed by atoms with E-state index in [4.69, 9.17) is 18.9 Å². The van der Waals surface area contributed by atoms with Crippen molar-refractivity contribution in [1.29, 1.82) is 0 Å². The van der Waals surface area contributed by atoms with E-state index in [0.29, 0.717) is 67.6 Å². The topological polar surface area (TPSA) is 108 Å². The lowest BCUT2D eigenvalue weighted by molar-refractivity contribution is -0.130. The molecule has 52 heavy (non-hydrogen) atoms. The first-order valence-electron chi connectivity index (χ1n) is 17.1. The molecule has 9 nitrogen and oxygen atoms in total. The van der Waals surface area contributed by atoms with E-state index in [9.17, 15) is 4.79 Å². The van der Waals surface area contributed by atoms with Gasteiger partial charge in [0.05, 0.1) is 28.4 Å². The number of amides is 2. The summed E-state index contributed by atoms with van der Waals surface area (Å²) in [5.41, 5.74) is 1.33. The van der Waals surface area contributed by atoms with Crippen LogP contribution in [0.5, 0.6) is 23.0 Å². The Balaban J connectivity index is 1.34. The molecule has 0 radical (unpaired) electrons. The van der Waals surface area contributed by atoms with E-state index in [0.717, 1.165) is 0 Å². The molecule has 0 unspecified atom stereocenters. The van der Waals surface area contributed by atoms with Gasteiger partial charge in [0.1, 0.15) is 0 Å². The van der Waals surface area contributed by atoms with E-state index in [1.807, 2.05) is 97.1 Å². The van der Waals surface area contributed by atoms with Gasteiger partial charge in [0.25, 0.3) is 0 Å². The summed E-state index contributed by atoms with van der Waals surface area (Å²) in [5.74, 6) is -1.40. The number of benzene rings is 5. The number of rotatable bonds is 6. The van der Waals surface area contributed by atoms with Crippen molar-refractivity contribution in [3.05, 3.63) is 149 Å². The molecule has 2 aliphatic carbocycles. The number of nitrogens with zero attached hydrogens (tertiary/aromatic N) is 1. The summed E-state index contributed by atoms with van der Waals surface area (Å²) in [5, 5.41) is 0. The van der Waals surface area contributed by atoms with Crippen LogP contribution in [0.3, 0.4) is 0 Å². The lowest BCUT2D eigenvalue weighted by atomic mass is 9.59. The maximum Gasteiger partial charge on any atom is 0.239 e. The first-order chi connectivity index (χ1) is 25.4. The van der Waals surface area contributed by atoms with Gasteiger partial charge in [0.2, 0.25) is 25.4 Å². The van der Waals surface area contributed by atoms with Crippen molar-refractivity contribution in [2.75, 3.05) is 18.5 Å². The summed E-state index contributed by atoms with van der Waals surface area (Å²) < 4.78 is 23.1. The Morgan fingerprint density at radius 2 is 1.02 bits per heavy atom. The number of ketones is 2. The van der Waals surface area contributed by atoms with Crippen molar-refractivity contribution in [2.24, 2.45) is 11.8 Å². The molecule has 254 valence electrons. The van der Waals surface area contributed by atoms with E-state index >= 15 is 14.4 Å². The van der Waals surface area contributed by atoms with Gasteiger partial charge in [-0.25, -0.2) is 4.90 Å². The number of hydrogen-bond donors (Lipinski definition) is 0. The predicted molar refractivity (Wildman–Crippen MR) is 189 cm³/mol. The summed E-state index contributed by atoms with van der Waals surface area (Å²) in [4.78, 5) is 60.1. The molecule has 5 aromatic rings. The summed E-state index contributed by atoms with van der Waals surface area (Å²) in [6.45, 7) is 1.57. The molecule has 2 amide bonds. The molecule has 0 spiro atoms. The van der Waals surface area contributed by atoms with Crippen molar-refractivity contribution in [3.63, 3.8) is 0 Å². The second-order valence-electron chi connectivity index (χ2n) is 13.6. The van der Waals surface area contributed by atoms with Crippen LogP contribution in [0.15, 0.2) is 121 Å². The van der Waals surface area contributed by atoms with Crippen molar-refractivity contribution < 1.29 is 38.1 Å². The first kappa shape index (κ1) is 30.4. The molecule has 5 aromatic carbocycles. The quantitative estimate of drug-likeness (QED) is 0.146. The zero-order valence-corrected chi connectivity index (χ0v) is 27.8. The molecule has 2 bridgehead atoms. The average Bonchev–Trinajstić information content (AvgIpc) is 3.98. The molecule has 3 heterocycles. The Morgan fingerprint density at radius 1 is 0.577 bits per heavy atom. The van der Waals surface area contributed by atoms with Crippen LogP contribution >= 0.6 is 0 Å². The molecule has 2 fully saturated rings. The van der Waals surface area contributed by atoms with Gasteiger partial charge in [-0.2, -0.15) is 0 Å². The zero-order chi connectivity index (χ0) is 35.4. The second-order valence-corrected chi connectivity index (χ2v) is 13.6. The van der Waals surface area contributed by atoms with Crippen LogP contribution in [-0.2, 0) is 25.2 Å². The lowest BCUT2D eigenvalue weighted by Gasteiger charge is -2.39. The Labute approximate surface area is 298 Å². The molecular formula is C43H29NO8. The highest BCUT2D eigenvalue weighted by molar-refractivity contribution is 6.39. The Bertz CT molecular complexity index is 2280. The van der Waals surface area contributed by atoms with Crippen LogP contribution in [0.2, 0.25) is 0 Å². The van der Waals surface area contributed by atoms with Crippen LogP contribution in [0.1, 0.15) is 39.5 Å². The smallest absolute Gasteiger partial charge is 0.239 e. The van der Waals surface area contributed by atoms with Gasteiger partial charge in [0.15, 0.2) is 34.6 Å². The van der Waals surface area contributed by atoms with Crippen molar-refractivity contribution >= 4 is 40.2 Å². The monoisotopic (exact) mass is 687 g/mol. The average molecular weight is 688 g/mol. The number of fused-ring (bicyclic) bond motifs is 7. The van der Waals surface area contributed by atoms with Crippen LogP contribution < -0.4 is 23.8 Å². The number of carbonyl (C=O) groups is 4. The minimum atomic E-state index is -1.61. The van der Waals surface area contributed by atoms with Gasteiger partial charge in [-0.05, 0) is 88.9 Å². The van der Waals surface area contributed by atoms with Gasteiger partial charge in [-0.15, -0.1) is 0 Å². The zero-order valence-electron chi connectivity index (χ0n) is 27.8. The van der Waals surface area contributed by atoms with Crippen molar-refractivity contribution in [1.82, 2.24) is 0 Å². The summed E-state index contributed by atoms with van der Waals surface area (Å²) in [6, 6.07) is 36.2. The molecule has 9 heteroatoms. The number of Topliss-reactive ketones (excluding diaryl/α,β-unsaturated/α-hetero) is 2. The second kappa shape index (κ2) is 10.8. The van der Waals surface area contributed by atoms with Gasteiger partial charge in [-0.3, -0.25) is 19.2 Å². The number of ether oxygens (including phenoxy) is 4. The van der Waals surface area contributed by atoms with Crippen LogP contribution in [0.25, 0.3) is 11.1 Å². The molecule has 4 atom stereocenters. The molecule has 0 aromatic heterocycles. The van der Waals surface area contributed by atoms with Crippen LogP contribution in [-0.4, -0.2) is 37.0 Å². The largest absolute Gasteiger partial charge is 0.454 e. The van der Waals surface area contributed by atoms with E-state index in [1.165, 1.54) is 11.8 Å². The molecule has 1 saturated heterocycles. The highest BCUT2D eigenvalue weighted by Crippen LogP contribution is 2.74. The fourth-order valence-corrected chi connectivity index (χ4v) is 9.33. The van der Waals surface area contributed by atoms with Gasteiger partial charge < -0.3 is 18.9 Å². The normalized spacial score (nSPS) is 24.9. The minimum Gasteiger partial charge on any atom is -0.454 e. The number of imide groups is 1. The standard InChI is InChI=1S/C43H29NO8/c1-24(45)25-12-16-30(17-13-25)44-39(46)37-38(40(44)47)43(29-10-6-3-7-11-29)36(27-15-19-32-34(21-27)52-23-50-32)35(26-14-18-31-33(20-26)51-22-49-31)42(37,41(43)48)28-8-4-2-5-9-28/h2-21,37-38H,22-23H2,1H3/t37-,38-,42-,43-/m0/s1. The highest BCUT2D eigenvalue weighted by Gasteiger charge is 2.82. The number of hydrogen-bond acceptors (Lipinski definition) is 8. The molecule has 5 aliphatic rings. The Hall–Kier alpha value is -6.48. The molecular weight excluding hydrogens is 658 g/mol. The third-order valence-electron chi connectivity index (χ3n) is 11.3. The Kier molecular flexibility index (Phi) is 6.28. The summed E-state index contributed by atoms with van der Waals surface area (Å²) in [6.07, 6.45) is 0. The number of anilines is 1. The third-order valence-corrected chi connectivity index (χ3v) is 11.3. The Morgan fingerprint density at radius 3 is 1.46 bits per heavy atom. The number of carbonyl (C=O) groups excluding carboxylic acids is 4. The summed E-state index contributed by atoms with van der Waals surface area (Å²) in [7, 11) is 0. The fourth-order valence-electron chi connectivity index (χ4n) is 9.33. The van der Waals surface area contributed by atoms with Gasteiger partial charge in [-0.1, -0.05) is 72.8 Å². The fraction of sp³-hybridized carbons (Fsp3) is 0.163. The maximum atomic E-state index is 16.2. The molecule has 0 N–H and O–H groups in total. The van der Waals surface area contributed by atoms with E-state index < -0.39 is 34.5 Å². The molecule has 10 rings (SSSR count). The van der Waals surface area contributed by atoms with Crippen molar-refractivity contribution in [2.45, 2.75) is 17.8 Å².